The first kappa shape index (κ1) is 12.8. The van der Waals surface area contributed by atoms with Crippen molar-refractivity contribution < 1.29 is 4.74 Å². The van der Waals surface area contributed by atoms with Crippen molar-refractivity contribution in [2.45, 2.75) is 26.3 Å². The van der Waals surface area contributed by atoms with Crippen LogP contribution in [0.25, 0.3) is 6.08 Å². The van der Waals surface area contributed by atoms with Gasteiger partial charge in [0.2, 0.25) is 0 Å². The van der Waals surface area contributed by atoms with Gasteiger partial charge in [-0.2, -0.15) is 0 Å². The minimum Gasteiger partial charge on any atom is -0.496 e. The SMILES string of the molecule is COc1ccccc1C=CCNC(C)(C)C. The largest absolute Gasteiger partial charge is 0.496 e. The third-order valence-electron chi connectivity index (χ3n) is 2.19. The lowest BCUT2D eigenvalue weighted by molar-refractivity contribution is 0.414. The van der Waals surface area contributed by atoms with Gasteiger partial charge in [-0.05, 0) is 26.8 Å². The summed E-state index contributed by atoms with van der Waals surface area (Å²) in [5, 5.41) is 3.40. The van der Waals surface area contributed by atoms with E-state index in [0.29, 0.717) is 0 Å². The summed E-state index contributed by atoms with van der Waals surface area (Å²) in [5.74, 6) is 0.912. The van der Waals surface area contributed by atoms with Crippen molar-refractivity contribution >= 4 is 6.08 Å². The topological polar surface area (TPSA) is 21.3 Å². The molecule has 0 bridgehead atoms. The Hall–Kier alpha value is -1.28. The van der Waals surface area contributed by atoms with Crippen LogP contribution in [-0.2, 0) is 0 Å². The fourth-order valence-electron chi connectivity index (χ4n) is 1.36. The molecule has 0 spiro atoms. The van der Waals surface area contributed by atoms with Crippen molar-refractivity contribution in [3.8, 4) is 5.75 Å². The van der Waals surface area contributed by atoms with Gasteiger partial charge in [-0.15, -0.1) is 0 Å². The molecule has 0 radical (unpaired) electrons. The summed E-state index contributed by atoms with van der Waals surface area (Å²) in [5.41, 5.74) is 1.27. The van der Waals surface area contributed by atoms with Gasteiger partial charge in [0.25, 0.3) is 0 Å². The fraction of sp³-hybridized carbons (Fsp3) is 0.429. The zero-order valence-electron chi connectivity index (χ0n) is 10.6. The third-order valence-corrected chi connectivity index (χ3v) is 2.19. The Morgan fingerprint density at radius 3 is 2.56 bits per heavy atom. The van der Waals surface area contributed by atoms with E-state index in [1.165, 1.54) is 0 Å². The van der Waals surface area contributed by atoms with Crippen molar-refractivity contribution in [3.05, 3.63) is 35.9 Å². The molecule has 0 unspecified atom stereocenters. The number of benzene rings is 1. The smallest absolute Gasteiger partial charge is 0.126 e. The summed E-state index contributed by atoms with van der Waals surface area (Å²) in [4.78, 5) is 0. The average Bonchev–Trinajstić information content (AvgIpc) is 2.23. The first-order valence-corrected chi connectivity index (χ1v) is 5.57. The molecule has 0 saturated carbocycles. The van der Waals surface area contributed by atoms with E-state index >= 15 is 0 Å². The van der Waals surface area contributed by atoms with Gasteiger partial charge in [-0.3, -0.25) is 0 Å². The third kappa shape index (κ3) is 4.49. The van der Waals surface area contributed by atoms with E-state index in [0.717, 1.165) is 17.9 Å². The van der Waals surface area contributed by atoms with Gasteiger partial charge in [0.05, 0.1) is 7.11 Å². The van der Waals surface area contributed by atoms with Crippen LogP contribution < -0.4 is 10.1 Å². The zero-order chi connectivity index (χ0) is 12.0. The Kier molecular flexibility index (Phi) is 4.56. The Morgan fingerprint density at radius 2 is 1.94 bits per heavy atom. The quantitative estimate of drug-likeness (QED) is 0.840. The molecule has 16 heavy (non-hydrogen) atoms. The van der Waals surface area contributed by atoms with Crippen LogP contribution in [0.15, 0.2) is 30.3 Å². The van der Waals surface area contributed by atoms with Crippen molar-refractivity contribution in [3.63, 3.8) is 0 Å². The van der Waals surface area contributed by atoms with Crippen LogP contribution in [0.4, 0.5) is 0 Å². The molecule has 2 nitrogen and oxygen atoms in total. The minimum absolute atomic E-state index is 0.158. The first-order chi connectivity index (χ1) is 7.53. The van der Waals surface area contributed by atoms with Gasteiger partial charge in [-0.25, -0.2) is 0 Å². The lowest BCUT2D eigenvalue weighted by Crippen LogP contribution is -2.35. The highest BCUT2D eigenvalue weighted by Crippen LogP contribution is 2.18. The predicted molar refractivity (Wildman–Crippen MR) is 69.8 cm³/mol. The minimum atomic E-state index is 0.158. The molecule has 0 amide bonds. The summed E-state index contributed by atoms with van der Waals surface area (Å²) in [6.07, 6.45) is 4.20. The lowest BCUT2D eigenvalue weighted by atomic mass is 10.1. The molecular weight excluding hydrogens is 198 g/mol. The van der Waals surface area contributed by atoms with Gasteiger partial charge in [-0.1, -0.05) is 30.4 Å². The van der Waals surface area contributed by atoms with Crippen LogP contribution in [0.1, 0.15) is 26.3 Å². The van der Waals surface area contributed by atoms with E-state index in [9.17, 15) is 0 Å². The second kappa shape index (κ2) is 5.71. The van der Waals surface area contributed by atoms with Crippen LogP contribution in [0.3, 0.4) is 0 Å². The number of ether oxygens (including phenoxy) is 1. The van der Waals surface area contributed by atoms with Crippen LogP contribution in [0.5, 0.6) is 5.75 Å². The summed E-state index contributed by atoms with van der Waals surface area (Å²) in [7, 11) is 1.69. The van der Waals surface area contributed by atoms with E-state index in [-0.39, 0.29) is 5.54 Å². The number of methoxy groups -OCH3 is 1. The molecule has 0 fully saturated rings. The standard InChI is InChI=1S/C14H21NO/c1-14(2,3)15-11-7-9-12-8-5-6-10-13(12)16-4/h5-10,15H,11H2,1-4H3. The van der Waals surface area contributed by atoms with Crippen LogP contribution in [0, 0.1) is 0 Å². The highest BCUT2D eigenvalue weighted by molar-refractivity contribution is 5.57. The second-order valence-corrected chi connectivity index (χ2v) is 4.78. The van der Waals surface area contributed by atoms with Crippen molar-refractivity contribution in [2.75, 3.05) is 13.7 Å². The van der Waals surface area contributed by atoms with E-state index in [1.807, 2.05) is 24.3 Å². The molecule has 0 saturated heterocycles. The summed E-state index contributed by atoms with van der Waals surface area (Å²) >= 11 is 0. The van der Waals surface area contributed by atoms with Crippen molar-refractivity contribution in [1.29, 1.82) is 0 Å². The molecule has 0 aromatic heterocycles. The maximum absolute atomic E-state index is 5.27. The Morgan fingerprint density at radius 1 is 1.25 bits per heavy atom. The summed E-state index contributed by atoms with van der Waals surface area (Å²) in [6, 6.07) is 8.01. The molecule has 0 aliphatic heterocycles. The maximum atomic E-state index is 5.27. The van der Waals surface area contributed by atoms with E-state index in [1.54, 1.807) is 7.11 Å². The fourth-order valence-corrected chi connectivity index (χ4v) is 1.36. The van der Waals surface area contributed by atoms with E-state index in [2.05, 4.69) is 38.2 Å². The van der Waals surface area contributed by atoms with Gasteiger partial charge < -0.3 is 10.1 Å². The number of hydrogen-bond donors (Lipinski definition) is 1. The normalized spacial score (nSPS) is 12.0. The molecule has 2 heteroatoms. The van der Waals surface area contributed by atoms with Gasteiger partial charge in [0, 0.05) is 17.6 Å². The highest BCUT2D eigenvalue weighted by atomic mass is 16.5. The Bertz CT molecular complexity index is 350. The van der Waals surface area contributed by atoms with Crippen LogP contribution in [0.2, 0.25) is 0 Å². The second-order valence-electron chi connectivity index (χ2n) is 4.78. The molecular formula is C14H21NO. The van der Waals surface area contributed by atoms with Crippen molar-refractivity contribution in [1.82, 2.24) is 5.32 Å². The summed E-state index contributed by atoms with van der Waals surface area (Å²) < 4.78 is 5.27. The Balaban J connectivity index is 2.56. The molecule has 0 aliphatic rings. The van der Waals surface area contributed by atoms with E-state index in [4.69, 9.17) is 4.74 Å². The van der Waals surface area contributed by atoms with Crippen LogP contribution >= 0.6 is 0 Å². The molecule has 0 atom stereocenters. The average molecular weight is 219 g/mol. The Labute approximate surface area is 98.3 Å². The molecule has 0 aliphatic carbocycles. The van der Waals surface area contributed by atoms with Crippen molar-refractivity contribution in [2.24, 2.45) is 0 Å². The lowest BCUT2D eigenvalue weighted by Gasteiger charge is -2.18. The number of hydrogen-bond acceptors (Lipinski definition) is 2. The van der Waals surface area contributed by atoms with Gasteiger partial charge >= 0.3 is 0 Å². The molecule has 1 aromatic rings. The molecule has 1 aromatic carbocycles. The molecule has 1 rings (SSSR count). The predicted octanol–water partition coefficient (Wildman–Crippen LogP) is 3.10. The monoisotopic (exact) mass is 219 g/mol. The molecule has 88 valence electrons. The summed E-state index contributed by atoms with van der Waals surface area (Å²) in [6.45, 7) is 7.33. The van der Waals surface area contributed by atoms with Gasteiger partial charge in [0.1, 0.15) is 5.75 Å². The number of rotatable bonds is 4. The van der Waals surface area contributed by atoms with Gasteiger partial charge in [0.15, 0.2) is 0 Å². The first-order valence-electron chi connectivity index (χ1n) is 5.57. The van der Waals surface area contributed by atoms with E-state index < -0.39 is 0 Å². The number of nitrogens with one attached hydrogen (secondary N) is 1. The number of para-hydroxylation sites is 1. The molecule has 0 heterocycles. The highest BCUT2D eigenvalue weighted by Gasteiger charge is 2.05. The van der Waals surface area contributed by atoms with Crippen LogP contribution in [-0.4, -0.2) is 19.2 Å². The maximum Gasteiger partial charge on any atom is 0.126 e. The molecule has 1 N–H and O–H groups in total. The zero-order valence-corrected chi connectivity index (χ0v) is 10.6.